The second-order valence-corrected chi connectivity index (χ2v) is 3.18. The maximum Gasteiger partial charge on any atom is 0.186 e. The average Bonchev–Trinajstić information content (AvgIpc) is 2.24. The van der Waals surface area contributed by atoms with Crippen molar-refractivity contribution in [2.75, 3.05) is 5.73 Å². The van der Waals surface area contributed by atoms with Gasteiger partial charge in [-0.25, -0.2) is 9.37 Å². The van der Waals surface area contributed by atoms with Crippen LogP contribution in [-0.2, 0) is 0 Å². The van der Waals surface area contributed by atoms with Crippen molar-refractivity contribution in [3.05, 3.63) is 28.9 Å². The van der Waals surface area contributed by atoms with E-state index in [-0.39, 0.29) is 27.3 Å². The molecule has 0 bridgehead atoms. The number of nitrogens with zero attached hydrogens (tertiary/aromatic N) is 3. The summed E-state index contributed by atoms with van der Waals surface area (Å²) in [7, 11) is 0. The number of nitriles is 1. The largest absolute Gasteiger partial charge is 0.397 e. The smallest absolute Gasteiger partial charge is 0.186 e. The number of anilines is 1. The molecule has 4 nitrogen and oxygen atoms in total. The lowest BCUT2D eigenvalue weighted by atomic mass is 10.1. The molecule has 0 unspecified atom stereocenters. The van der Waals surface area contributed by atoms with Gasteiger partial charge in [0.1, 0.15) is 11.6 Å². The molecule has 0 aliphatic carbocycles. The van der Waals surface area contributed by atoms with Crippen molar-refractivity contribution in [3.8, 4) is 6.07 Å². The summed E-state index contributed by atoms with van der Waals surface area (Å²) in [6.45, 7) is 0. The van der Waals surface area contributed by atoms with Crippen molar-refractivity contribution >= 4 is 28.2 Å². The minimum absolute atomic E-state index is 0.0199. The molecule has 2 N–H and O–H groups in total. The highest BCUT2D eigenvalue weighted by Crippen LogP contribution is 2.26. The predicted molar refractivity (Wildman–Crippen MR) is 53.6 cm³/mol. The molecule has 0 spiro atoms. The second kappa shape index (κ2) is 3.33. The van der Waals surface area contributed by atoms with Gasteiger partial charge in [-0.3, -0.25) is 4.98 Å². The Morgan fingerprint density at radius 2 is 2.13 bits per heavy atom. The number of halogens is 2. The van der Waals surface area contributed by atoms with Gasteiger partial charge in [0.15, 0.2) is 11.0 Å². The highest BCUT2D eigenvalue weighted by molar-refractivity contribution is 6.30. The topological polar surface area (TPSA) is 75.6 Å². The van der Waals surface area contributed by atoms with E-state index in [1.165, 1.54) is 12.4 Å². The van der Waals surface area contributed by atoms with Gasteiger partial charge in [0, 0.05) is 17.8 Å². The first-order valence-corrected chi connectivity index (χ1v) is 4.31. The fraction of sp³-hybridized carbons (Fsp3) is 0. The highest BCUT2D eigenvalue weighted by atomic mass is 35.5. The van der Waals surface area contributed by atoms with Crippen LogP contribution in [0.3, 0.4) is 0 Å². The molecular formula is C9H4ClFN4. The molecule has 0 radical (unpaired) electrons. The Morgan fingerprint density at radius 3 is 2.80 bits per heavy atom. The minimum atomic E-state index is -0.731. The van der Waals surface area contributed by atoms with Crippen LogP contribution in [0.2, 0.25) is 5.15 Å². The Bertz CT molecular complexity index is 591. The SMILES string of the molecule is N#Cc1cnc2c(F)c(Cl)ncc2c1N. The molecule has 15 heavy (non-hydrogen) atoms. The standard InChI is InChI=1S/C9H4ClFN4/c10-9-6(11)8-5(3-15-9)7(13)4(1-12)2-14-8/h2-3H,(H2,13,14). The van der Waals surface area contributed by atoms with E-state index in [4.69, 9.17) is 22.6 Å². The van der Waals surface area contributed by atoms with Gasteiger partial charge < -0.3 is 5.73 Å². The molecule has 0 saturated carbocycles. The molecule has 0 aromatic carbocycles. The van der Waals surface area contributed by atoms with Crippen LogP contribution >= 0.6 is 11.6 Å². The van der Waals surface area contributed by atoms with Crippen molar-refractivity contribution in [3.63, 3.8) is 0 Å². The van der Waals surface area contributed by atoms with Crippen LogP contribution in [0.4, 0.5) is 10.1 Å². The molecule has 0 amide bonds. The van der Waals surface area contributed by atoms with Crippen LogP contribution in [0.25, 0.3) is 10.9 Å². The van der Waals surface area contributed by atoms with Gasteiger partial charge in [0.25, 0.3) is 0 Å². The molecule has 2 aromatic rings. The number of hydrogen-bond donors (Lipinski definition) is 1. The Hall–Kier alpha value is -1.93. The summed E-state index contributed by atoms with van der Waals surface area (Å²) in [6.07, 6.45) is 2.50. The van der Waals surface area contributed by atoms with E-state index in [9.17, 15) is 4.39 Å². The van der Waals surface area contributed by atoms with Crippen LogP contribution in [0.5, 0.6) is 0 Å². The zero-order valence-electron chi connectivity index (χ0n) is 7.33. The number of rotatable bonds is 0. The Kier molecular flexibility index (Phi) is 2.14. The molecule has 0 fully saturated rings. The molecule has 2 heterocycles. The lowest BCUT2D eigenvalue weighted by Gasteiger charge is -2.03. The van der Waals surface area contributed by atoms with E-state index in [1.807, 2.05) is 6.07 Å². The molecule has 2 rings (SSSR count). The number of nitrogen functional groups attached to an aromatic ring is 1. The second-order valence-electron chi connectivity index (χ2n) is 2.82. The summed E-state index contributed by atoms with van der Waals surface area (Å²) in [5, 5.41) is 8.71. The van der Waals surface area contributed by atoms with Gasteiger partial charge in [0.2, 0.25) is 0 Å². The summed E-state index contributed by atoms with van der Waals surface area (Å²) in [5.41, 5.74) is 6.00. The van der Waals surface area contributed by atoms with Gasteiger partial charge in [0.05, 0.1) is 11.3 Å². The van der Waals surface area contributed by atoms with Crippen molar-refractivity contribution in [2.24, 2.45) is 0 Å². The third-order valence-corrected chi connectivity index (χ3v) is 2.24. The maximum atomic E-state index is 13.4. The minimum Gasteiger partial charge on any atom is -0.397 e. The first kappa shape index (κ1) is 9.62. The third kappa shape index (κ3) is 1.35. The Morgan fingerprint density at radius 1 is 1.40 bits per heavy atom. The predicted octanol–water partition coefficient (Wildman–Crippen LogP) is 1.88. The van der Waals surface area contributed by atoms with E-state index in [0.29, 0.717) is 0 Å². The van der Waals surface area contributed by atoms with E-state index < -0.39 is 5.82 Å². The molecule has 74 valence electrons. The van der Waals surface area contributed by atoms with E-state index >= 15 is 0 Å². The number of aromatic nitrogens is 2. The fourth-order valence-corrected chi connectivity index (χ4v) is 1.35. The van der Waals surface area contributed by atoms with E-state index in [2.05, 4.69) is 9.97 Å². The molecular weight excluding hydrogens is 219 g/mol. The molecule has 0 aliphatic rings. The quantitative estimate of drug-likeness (QED) is 0.691. The van der Waals surface area contributed by atoms with Gasteiger partial charge >= 0.3 is 0 Å². The normalized spacial score (nSPS) is 10.2. The third-order valence-electron chi connectivity index (χ3n) is 1.97. The molecule has 2 aromatic heterocycles. The molecule has 0 aliphatic heterocycles. The number of pyridine rings is 2. The van der Waals surface area contributed by atoms with Crippen LogP contribution in [0, 0.1) is 17.1 Å². The zero-order valence-corrected chi connectivity index (χ0v) is 8.09. The first-order chi connectivity index (χ1) is 7.15. The van der Waals surface area contributed by atoms with Crippen molar-refractivity contribution in [1.82, 2.24) is 9.97 Å². The lowest BCUT2D eigenvalue weighted by molar-refractivity contribution is 0.631. The summed E-state index contributed by atoms with van der Waals surface area (Å²) >= 11 is 5.48. The molecule has 6 heteroatoms. The van der Waals surface area contributed by atoms with Crippen LogP contribution in [0.15, 0.2) is 12.4 Å². The molecule has 0 saturated heterocycles. The van der Waals surface area contributed by atoms with Crippen molar-refractivity contribution in [2.45, 2.75) is 0 Å². The molecule has 0 atom stereocenters. The van der Waals surface area contributed by atoms with Crippen LogP contribution in [-0.4, -0.2) is 9.97 Å². The maximum absolute atomic E-state index is 13.4. The monoisotopic (exact) mass is 222 g/mol. The Balaban J connectivity index is 2.93. The van der Waals surface area contributed by atoms with E-state index in [1.54, 1.807) is 0 Å². The number of nitrogens with two attached hydrogens (primary N) is 1. The van der Waals surface area contributed by atoms with Gasteiger partial charge in [-0.1, -0.05) is 11.6 Å². The summed E-state index contributed by atoms with van der Waals surface area (Å²) < 4.78 is 13.4. The zero-order chi connectivity index (χ0) is 11.0. The average molecular weight is 223 g/mol. The number of hydrogen-bond acceptors (Lipinski definition) is 4. The number of fused-ring (bicyclic) bond motifs is 1. The lowest BCUT2D eigenvalue weighted by Crippen LogP contribution is -1.97. The summed E-state index contributed by atoms with van der Waals surface area (Å²) in [5.74, 6) is -0.731. The summed E-state index contributed by atoms with van der Waals surface area (Å²) in [6, 6.07) is 1.85. The van der Waals surface area contributed by atoms with Gasteiger partial charge in [-0.15, -0.1) is 0 Å². The first-order valence-electron chi connectivity index (χ1n) is 3.93. The fourth-order valence-electron chi connectivity index (χ4n) is 1.21. The van der Waals surface area contributed by atoms with Crippen molar-refractivity contribution in [1.29, 1.82) is 5.26 Å². The van der Waals surface area contributed by atoms with E-state index in [0.717, 1.165) is 0 Å². The Labute approximate surface area is 89.1 Å². The van der Waals surface area contributed by atoms with Gasteiger partial charge in [-0.05, 0) is 0 Å². The highest BCUT2D eigenvalue weighted by Gasteiger charge is 2.12. The van der Waals surface area contributed by atoms with Crippen LogP contribution in [0.1, 0.15) is 5.56 Å². The summed E-state index contributed by atoms with van der Waals surface area (Å²) in [4.78, 5) is 7.38. The van der Waals surface area contributed by atoms with Gasteiger partial charge in [-0.2, -0.15) is 5.26 Å². The van der Waals surface area contributed by atoms with Crippen LogP contribution < -0.4 is 5.73 Å². The van der Waals surface area contributed by atoms with Crippen molar-refractivity contribution < 1.29 is 4.39 Å².